The average Bonchev–Trinajstić information content (AvgIpc) is 2.44. The van der Waals surface area contributed by atoms with Crippen molar-refractivity contribution in [3.8, 4) is 0 Å². The third-order valence-corrected chi connectivity index (χ3v) is 3.72. The van der Waals surface area contributed by atoms with E-state index in [2.05, 4.69) is 0 Å². The minimum absolute atomic E-state index is 0.0843. The van der Waals surface area contributed by atoms with E-state index in [0.717, 1.165) is 17.7 Å². The molecule has 4 heteroatoms. The highest BCUT2D eigenvalue weighted by atomic mass is 16.4. The van der Waals surface area contributed by atoms with E-state index in [1.165, 1.54) is 0 Å². The first-order valence-electron chi connectivity index (χ1n) is 7.34. The highest BCUT2D eigenvalue weighted by molar-refractivity contribution is 5.97. The van der Waals surface area contributed by atoms with Crippen LogP contribution in [0.5, 0.6) is 0 Å². The summed E-state index contributed by atoms with van der Waals surface area (Å²) in [6, 6.07) is 7.59. The number of benzene rings is 1. The van der Waals surface area contributed by atoms with E-state index in [1.54, 1.807) is 0 Å². The van der Waals surface area contributed by atoms with Gasteiger partial charge in [0.1, 0.15) is 0 Å². The zero-order valence-electron chi connectivity index (χ0n) is 13.3. The molecule has 0 amide bonds. The molecule has 0 aliphatic rings. The molecular weight excluding hydrogens is 266 g/mol. The molecule has 0 fully saturated rings. The van der Waals surface area contributed by atoms with Gasteiger partial charge in [0.25, 0.3) is 0 Å². The minimum atomic E-state index is -0.778. The molecule has 116 valence electrons. The van der Waals surface area contributed by atoms with Crippen molar-refractivity contribution in [1.82, 2.24) is 0 Å². The van der Waals surface area contributed by atoms with Crippen molar-refractivity contribution in [3.05, 3.63) is 29.8 Å². The molecule has 0 bridgehead atoms. The molecule has 2 unspecified atom stereocenters. The topological polar surface area (TPSA) is 57.6 Å². The molecule has 0 saturated heterocycles. The largest absolute Gasteiger partial charge is 0.481 e. The van der Waals surface area contributed by atoms with Gasteiger partial charge < -0.3 is 10.0 Å². The summed E-state index contributed by atoms with van der Waals surface area (Å²) in [5.41, 5.74) is 1.78. The minimum Gasteiger partial charge on any atom is -0.481 e. The van der Waals surface area contributed by atoms with Crippen LogP contribution < -0.4 is 4.90 Å². The van der Waals surface area contributed by atoms with Gasteiger partial charge in [0.05, 0.1) is 0 Å². The van der Waals surface area contributed by atoms with E-state index in [0.29, 0.717) is 6.42 Å². The molecule has 0 aliphatic carbocycles. The summed E-state index contributed by atoms with van der Waals surface area (Å²) < 4.78 is 0. The second-order valence-electron chi connectivity index (χ2n) is 5.98. The Balaban J connectivity index is 2.59. The maximum Gasteiger partial charge on any atom is 0.303 e. The van der Waals surface area contributed by atoms with Gasteiger partial charge in [0, 0.05) is 37.7 Å². The summed E-state index contributed by atoms with van der Waals surface area (Å²) in [5.74, 6) is -0.498. The zero-order valence-corrected chi connectivity index (χ0v) is 13.3. The number of carboxylic acid groups (broad SMARTS) is 1. The normalized spacial score (nSPS) is 13.5. The van der Waals surface area contributed by atoms with Gasteiger partial charge in [-0.3, -0.25) is 9.59 Å². The van der Waals surface area contributed by atoms with Crippen molar-refractivity contribution in [2.75, 3.05) is 19.0 Å². The molecule has 2 atom stereocenters. The number of aliphatic carboxylic acids is 1. The van der Waals surface area contributed by atoms with E-state index >= 15 is 0 Å². The molecule has 4 nitrogen and oxygen atoms in total. The number of nitrogens with zero attached hydrogens (tertiary/aromatic N) is 1. The first-order chi connectivity index (χ1) is 9.81. The van der Waals surface area contributed by atoms with Crippen LogP contribution in [0.4, 0.5) is 5.69 Å². The lowest BCUT2D eigenvalue weighted by Gasteiger charge is -2.17. The fourth-order valence-electron chi connectivity index (χ4n) is 2.41. The van der Waals surface area contributed by atoms with E-state index in [1.807, 2.05) is 57.1 Å². The standard InChI is InChI=1S/C17H25NO3/c1-12(5-10-16(19)20)11-13(2)17(21)14-6-8-15(9-7-14)18(3)4/h6-9,12-13H,5,10-11H2,1-4H3,(H,19,20). The zero-order chi connectivity index (χ0) is 16.0. The molecule has 0 heterocycles. The summed E-state index contributed by atoms with van der Waals surface area (Å²) in [6.45, 7) is 3.92. The SMILES string of the molecule is CC(CCC(=O)O)CC(C)C(=O)c1ccc(N(C)C)cc1. The summed E-state index contributed by atoms with van der Waals surface area (Å²) in [4.78, 5) is 24.9. The number of carbonyl (C=O) groups excluding carboxylic acids is 1. The molecule has 0 aliphatic heterocycles. The van der Waals surface area contributed by atoms with Crippen molar-refractivity contribution in [2.24, 2.45) is 11.8 Å². The molecule has 0 radical (unpaired) electrons. The molecule has 1 rings (SSSR count). The van der Waals surface area contributed by atoms with Crippen LogP contribution in [0.1, 0.15) is 43.5 Å². The maximum atomic E-state index is 12.4. The lowest BCUT2D eigenvalue weighted by atomic mass is 9.88. The van der Waals surface area contributed by atoms with Gasteiger partial charge in [-0.15, -0.1) is 0 Å². The van der Waals surface area contributed by atoms with Gasteiger partial charge in [0.15, 0.2) is 5.78 Å². The third kappa shape index (κ3) is 5.58. The van der Waals surface area contributed by atoms with Crippen molar-refractivity contribution < 1.29 is 14.7 Å². The monoisotopic (exact) mass is 291 g/mol. The van der Waals surface area contributed by atoms with E-state index in [-0.39, 0.29) is 24.0 Å². The Hall–Kier alpha value is -1.84. The molecule has 0 spiro atoms. The van der Waals surface area contributed by atoms with Gasteiger partial charge in [0.2, 0.25) is 0 Å². The number of hydrogen-bond acceptors (Lipinski definition) is 3. The molecular formula is C17H25NO3. The molecule has 1 aromatic rings. The van der Waals surface area contributed by atoms with Gasteiger partial charge in [-0.25, -0.2) is 0 Å². The molecule has 0 saturated carbocycles. The fourth-order valence-corrected chi connectivity index (χ4v) is 2.41. The van der Waals surface area contributed by atoms with Crippen molar-refractivity contribution in [3.63, 3.8) is 0 Å². The number of carbonyl (C=O) groups is 2. The second kappa shape index (κ2) is 7.81. The molecule has 21 heavy (non-hydrogen) atoms. The van der Waals surface area contributed by atoms with Crippen LogP contribution in [0.15, 0.2) is 24.3 Å². The van der Waals surface area contributed by atoms with Gasteiger partial charge in [-0.05, 0) is 43.0 Å². The first-order valence-corrected chi connectivity index (χ1v) is 7.34. The van der Waals surface area contributed by atoms with Crippen LogP contribution in [0.25, 0.3) is 0 Å². The molecule has 1 N–H and O–H groups in total. The predicted octanol–water partition coefficient (Wildman–Crippen LogP) is 3.46. The Morgan fingerprint density at radius 1 is 1.14 bits per heavy atom. The predicted molar refractivity (Wildman–Crippen MR) is 84.9 cm³/mol. The lowest BCUT2D eigenvalue weighted by Crippen LogP contribution is -2.15. The lowest BCUT2D eigenvalue weighted by molar-refractivity contribution is -0.137. The summed E-state index contributed by atoms with van der Waals surface area (Å²) in [6.07, 6.45) is 1.51. The Morgan fingerprint density at radius 3 is 2.19 bits per heavy atom. The van der Waals surface area contributed by atoms with E-state index < -0.39 is 5.97 Å². The third-order valence-electron chi connectivity index (χ3n) is 3.72. The first kappa shape index (κ1) is 17.2. The Bertz CT molecular complexity index is 479. The molecule has 0 aromatic heterocycles. The Morgan fingerprint density at radius 2 is 1.71 bits per heavy atom. The maximum absolute atomic E-state index is 12.4. The summed E-state index contributed by atoms with van der Waals surface area (Å²) in [7, 11) is 3.92. The fraction of sp³-hybridized carbons (Fsp3) is 0.529. The highest BCUT2D eigenvalue weighted by Crippen LogP contribution is 2.21. The van der Waals surface area contributed by atoms with Gasteiger partial charge in [-0.1, -0.05) is 13.8 Å². The smallest absolute Gasteiger partial charge is 0.303 e. The Labute approximate surface area is 126 Å². The summed E-state index contributed by atoms with van der Waals surface area (Å²) in [5, 5.41) is 8.68. The van der Waals surface area contributed by atoms with Crippen LogP contribution in [-0.2, 0) is 4.79 Å². The highest BCUT2D eigenvalue weighted by Gasteiger charge is 2.18. The number of hydrogen-bond donors (Lipinski definition) is 1. The number of rotatable bonds is 8. The van der Waals surface area contributed by atoms with Gasteiger partial charge in [-0.2, -0.15) is 0 Å². The van der Waals surface area contributed by atoms with Crippen molar-refractivity contribution >= 4 is 17.4 Å². The quantitative estimate of drug-likeness (QED) is 0.745. The summed E-state index contributed by atoms with van der Waals surface area (Å²) >= 11 is 0. The van der Waals surface area contributed by atoms with Crippen LogP contribution >= 0.6 is 0 Å². The number of anilines is 1. The van der Waals surface area contributed by atoms with Crippen LogP contribution in [0.3, 0.4) is 0 Å². The van der Waals surface area contributed by atoms with E-state index in [4.69, 9.17) is 5.11 Å². The Kier molecular flexibility index (Phi) is 6.40. The van der Waals surface area contributed by atoms with E-state index in [9.17, 15) is 9.59 Å². The van der Waals surface area contributed by atoms with Crippen LogP contribution in [-0.4, -0.2) is 31.0 Å². The number of ketones is 1. The van der Waals surface area contributed by atoms with Gasteiger partial charge >= 0.3 is 5.97 Å². The average molecular weight is 291 g/mol. The number of carboxylic acids is 1. The second-order valence-corrected chi connectivity index (χ2v) is 5.98. The number of Topliss-reactive ketones (excluding diaryl/α,β-unsaturated/α-hetero) is 1. The van der Waals surface area contributed by atoms with Crippen molar-refractivity contribution in [1.29, 1.82) is 0 Å². The van der Waals surface area contributed by atoms with Crippen LogP contribution in [0, 0.1) is 11.8 Å². The van der Waals surface area contributed by atoms with Crippen molar-refractivity contribution in [2.45, 2.75) is 33.1 Å². The molecule has 1 aromatic carbocycles. The van der Waals surface area contributed by atoms with Crippen LogP contribution in [0.2, 0.25) is 0 Å².